The Balaban J connectivity index is 0.000000921. The first-order chi connectivity index (χ1) is 7.15. The van der Waals surface area contributed by atoms with Crippen LogP contribution in [0.3, 0.4) is 0 Å². The number of methoxy groups -OCH3 is 1. The second-order valence-corrected chi connectivity index (χ2v) is 3.52. The molecule has 1 atom stereocenters. The van der Waals surface area contributed by atoms with Gasteiger partial charge >= 0.3 is 0 Å². The Morgan fingerprint density at radius 2 is 1.73 bits per heavy atom. The van der Waals surface area contributed by atoms with Gasteiger partial charge in [-0.05, 0) is 5.92 Å². The van der Waals surface area contributed by atoms with E-state index in [0.717, 1.165) is 12.8 Å². The van der Waals surface area contributed by atoms with Crippen molar-refractivity contribution in [3.8, 4) is 5.88 Å². The van der Waals surface area contributed by atoms with Crippen molar-refractivity contribution in [2.24, 2.45) is 5.92 Å². The molecule has 86 valence electrons. The first kappa shape index (κ1) is 13.8. The number of aliphatic hydroxyl groups is 1. The highest BCUT2D eigenvalue weighted by atomic mass is 16.5. The third kappa shape index (κ3) is 4.25. The van der Waals surface area contributed by atoms with Gasteiger partial charge < -0.3 is 9.84 Å². The molecule has 0 aliphatic rings. The third-order valence-corrected chi connectivity index (χ3v) is 2.32. The molecule has 0 aromatic carbocycles. The molecule has 15 heavy (non-hydrogen) atoms. The number of rotatable bonds is 3. The molecular weight excluding hydrogens is 192 g/mol. The average molecular weight is 212 g/mol. The minimum atomic E-state index is 0.443. The van der Waals surface area contributed by atoms with Crippen LogP contribution in [0.4, 0.5) is 0 Å². The molecule has 0 radical (unpaired) electrons. The van der Waals surface area contributed by atoms with Crippen LogP contribution in [0.1, 0.15) is 32.4 Å². The van der Waals surface area contributed by atoms with Crippen molar-refractivity contribution >= 4 is 0 Å². The van der Waals surface area contributed by atoms with Crippen molar-refractivity contribution in [2.75, 3.05) is 14.2 Å². The molecule has 0 fully saturated rings. The fraction of sp³-hybridized carbons (Fsp3) is 0.636. The highest BCUT2D eigenvalue weighted by Gasteiger charge is 2.11. The van der Waals surface area contributed by atoms with E-state index < -0.39 is 0 Å². The van der Waals surface area contributed by atoms with E-state index in [1.807, 2.05) is 0 Å². The fourth-order valence-corrected chi connectivity index (χ4v) is 1.01. The first-order valence-electron chi connectivity index (χ1n) is 4.95. The lowest BCUT2D eigenvalue weighted by atomic mass is 9.95. The summed E-state index contributed by atoms with van der Waals surface area (Å²) in [7, 11) is 2.59. The lowest BCUT2D eigenvalue weighted by Crippen LogP contribution is -2.05. The molecule has 1 N–H and O–H groups in total. The molecule has 0 saturated heterocycles. The van der Waals surface area contributed by atoms with Gasteiger partial charge in [-0.15, -0.1) is 0 Å². The van der Waals surface area contributed by atoms with Crippen molar-refractivity contribution in [3.63, 3.8) is 0 Å². The Morgan fingerprint density at radius 3 is 2.07 bits per heavy atom. The van der Waals surface area contributed by atoms with Gasteiger partial charge in [0.1, 0.15) is 0 Å². The van der Waals surface area contributed by atoms with E-state index in [1.54, 1.807) is 19.5 Å². The van der Waals surface area contributed by atoms with Crippen molar-refractivity contribution < 1.29 is 9.84 Å². The lowest BCUT2D eigenvalue weighted by Gasteiger charge is -2.13. The van der Waals surface area contributed by atoms with Crippen LogP contribution in [-0.4, -0.2) is 29.3 Å². The van der Waals surface area contributed by atoms with E-state index in [-0.39, 0.29) is 0 Å². The van der Waals surface area contributed by atoms with Gasteiger partial charge in [-0.2, -0.15) is 0 Å². The van der Waals surface area contributed by atoms with Gasteiger partial charge in [0.15, 0.2) is 0 Å². The Hall–Kier alpha value is -1.16. The average Bonchev–Trinajstić information content (AvgIpc) is 2.31. The van der Waals surface area contributed by atoms with Gasteiger partial charge in [0, 0.05) is 13.0 Å². The minimum absolute atomic E-state index is 0.443. The molecule has 0 aliphatic carbocycles. The zero-order valence-corrected chi connectivity index (χ0v) is 10.1. The zero-order valence-electron chi connectivity index (χ0n) is 10.1. The smallest absolute Gasteiger partial charge is 0.231 e. The Morgan fingerprint density at radius 1 is 1.13 bits per heavy atom. The largest absolute Gasteiger partial charge is 0.480 e. The van der Waals surface area contributed by atoms with Crippen LogP contribution in [0.15, 0.2) is 12.4 Å². The molecular formula is C11H20N2O2. The zero-order chi connectivity index (χ0) is 11.8. The van der Waals surface area contributed by atoms with Crippen LogP contribution in [-0.2, 0) is 0 Å². The summed E-state index contributed by atoms with van der Waals surface area (Å²) < 4.78 is 4.94. The number of nitrogens with zero attached hydrogens (tertiary/aromatic N) is 2. The number of hydrogen-bond donors (Lipinski definition) is 1. The SMILES string of the molecule is CO.COc1cnc(C(C)C(C)C)cn1. The Labute approximate surface area is 91.3 Å². The summed E-state index contributed by atoms with van der Waals surface area (Å²) in [4.78, 5) is 8.40. The monoisotopic (exact) mass is 212 g/mol. The Kier molecular flexibility index (Phi) is 6.62. The highest BCUT2D eigenvalue weighted by Crippen LogP contribution is 2.21. The summed E-state index contributed by atoms with van der Waals surface area (Å²) in [6, 6.07) is 0. The molecule has 1 aromatic rings. The second kappa shape index (κ2) is 7.17. The minimum Gasteiger partial charge on any atom is -0.480 e. The molecule has 0 amide bonds. The van der Waals surface area contributed by atoms with Crippen LogP contribution in [0.25, 0.3) is 0 Å². The summed E-state index contributed by atoms with van der Waals surface area (Å²) in [5.41, 5.74) is 1.02. The summed E-state index contributed by atoms with van der Waals surface area (Å²) in [6.45, 7) is 6.51. The van der Waals surface area contributed by atoms with Crippen molar-refractivity contribution in [2.45, 2.75) is 26.7 Å². The molecule has 0 spiro atoms. The van der Waals surface area contributed by atoms with Crippen LogP contribution in [0.5, 0.6) is 5.88 Å². The van der Waals surface area contributed by atoms with E-state index in [9.17, 15) is 0 Å². The number of aliphatic hydroxyl groups excluding tert-OH is 1. The molecule has 1 heterocycles. The van der Waals surface area contributed by atoms with Crippen LogP contribution in [0, 0.1) is 5.92 Å². The van der Waals surface area contributed by atoms with E-state index in [4.69, 9.17) is 9.84 Å². The van der Waals surface area contributed by atoms with Gasteiger partial charge in [-0.1, -0.05) is 20.8 Å². The van der Waals surface area contributed by atoms with E-state index >= 15 is 0 Å². The summed E-state index contributed by atoms with van der Waals surface area (Å²) >= 11 is 0. The van der Waals surface area contributed by atoms with Crippen molar-refractivity contribution in [3.05, 3.63) is 18.1 Å². The van der Waals surface area contributed by atoms with E-state index in [2.05, 4.69) is 30.7 Å². The van der Waals surface area contributed by atoms with E-state index in [0.29, 0.717) is 17.7 Å². The van der Waals surface area contributed by atoms with Crippen molar-refractivity contribution in [1.29, 1.82) is 0 Å². The number of hydrogen-bond acceptors (Lipinski definition) is 4. The maximum atomic E-state index is 7.00. The normalized spacial score (nSPS) is 11.7. The second-order valence-electron chi connectivity index (χ2n) is 3.52. The highest BCUT2D eigenvalue weighted by molar-refractivity contribution is 5.10. The summed E-state index contributed by atoms with van der Waals surface area (Å²) in [5, 5.41) is 7.00. The fourth-order valence-electron chi connectivity index (χ4n) is 1.01. The number of ether oxygens (including phenoxy) is 1. The van der Waals surface area contributed by atoms with Crippen LogP contribution < -0.4 is 4.74 Å². The first-order valence-corrected chi connectivity index (χ1v) is 4.95. The molecule has 0 bridgehead atoms. The predicted molar refractivity (Wildman–Crippen MR) is 60.0 cm³/mol. The van der Waals surface area contributed by atoms with Gasteiger partial charge in [-0.25, -0.2) is 4.98 Å². The van der Waals surface area contributed by atoms with Crippen LogP contribution >= 0.6 is 0 Å². The van der Waals surface area contributed by atoms with E-state index in [1.165, 1.54) is 0 Å². The Bertz CT molecular complexity index is 260. The molecule has 1 aromatic heterocycles. The molecule has 4 nitrogen and oxygen atoms in total. The maximum Gasteiger partial charge on any atom is 0.231 e. The molecule has 0 saturated carbocycles. The predicted octanol–water partition coefficient (Wildman–Crippen LogP) is 1.85. The topological polar surface area (TPSA) is 55.2 Å². The van der Waals surface area contributed by atoms with Gasteiger partial charge in [0.25, 0.3) is 0 Å². The summed E-state index contributed by atoms with van der Waals surface area (Å²) in [6.07, 6.45) is 3.44. The quantitative estimate of drug-likeness (QED) is 0.830. The molecule has 1 unspecified atom stereocenters. The standard InChI is InChI=1S/C10H16N2O.CH4O/c1-7(2)8(3)9-5-12-10(13-4)6-11-9;1-2/h5-8H,1-4H3;2H,1H3. The maximum absolute atomic E-state index is 7.00. The van der Waals surface area contributed by atoms with Gasteiger partial charge in [0.2, 0.25) is 5.88 Å². The lowest BCUT2D eigenvalue weighted by molar-refractivity contribution is 0.393. The molecule has 1 rings (SSSR count). The number of aromatic nitrogens is 2. The van der Waals surface area contributed by atoms with Gasteiger partial charge in [-0.3, -0.25) is 4.98 Å². The molecule has 0 aliphatic heterocycles. The molecule has 4 heteroatoms. The van der Waals surface area contributed by atoms with Gasteiger partial charge in [0.05, 0.1) is 25.2 Å². The van der Waals surface area contributed by atoms with Crippen LogP contribution in [0.2, 0.25) is 0 Å². The van der Waals surface area contributed by atoms with Crippen molar-refractivity contribution in [1.82, 2.24) is 9.97 Å². The third-order valence-electron chi connectivity index (χ3n) is 2.32. The summed E-state index contributed by atoms with van der Waals surface area (Å²) in [5.74, 6) is 1.60.